The van der Waals surface area contributed by atoms with Crippen LogP contribution in [0, 0.1) is 0 Å². The summed E-state index contributed by atoms with van der Waals surface area (Å²) in [6.45, 7) is 7.64. The van der Waals surface area contributed by atoms with E-state index in [2.05, 4.69) is 5.32 Å². The maximum Gasteiger partial charge on any atom is 0.282 e. The second-order valence-corrected chi connectivity index (χ2v) is 11.5. The minimum absolute atomic E-state index is 0.0105. The number of amides is 2. The highest BCUT2D eigenvalue weighted by atomic mass is 32.2. The number of hydrogen-bond acceptors (Lipinski definition) is 5. The zero-order valence-corrected chi connectivity index (χ0v) is 20.0. The summed E-state index contributed by atoms with van der Waals surface area (Å²) in [5.74, 6) is -0.338. The van der Waals surface area contributed by atoms with Crippen LogP contribution in [-0.4, -0.2) is 104 Å². The van der Waals surface area contributed by atoms with Crippen molar-refractivity contribution in [3.05, 3.63) is 0 Å². The fourth-order valence-corrected chi connectivity index (χ4v) is 5.58. The van der Waals surface area contributed by atoms with E-state index in [9.17, 15) is 18.0 Å². The Kier molecular flexibility index (Phi) is 8.67. The van der Waals surface area contributed by atoms with E-state index in [1.54, 1.807) is 18.4 Å². The Hall–Kier alpha value is -1.23. The number of piperazine rings is 1. The summed E-state index contributed by atoms with van der Waals surface area (Å²) in [6, 6.07) is 0.0938. The van der Waals surface area contributed by atoms with Crippen molar-refractivity contribution in [3.8, 4) is 0 Å². The first-order valence-electron chi connectivity index (χ1n) is 10.9. The lowest BCUT2D eigenvalue weighted by atomic mass is 9.96. The molecule has 0 aromatic carbocycles. The van der Waals surface area contributed by atoms with Crippen molar-refractivity contribution in [2.45, 2.75) is 64.5 Å². The Bertz CT molecular complexity index is 692. The van der Waals surface area contributed by atoms with Crippen LogP contribution in [-0.2, 0) is 19.8 Å². The van der Waals surface area contributed by atoms with Crippen molar-refractivity contribution < 1.29 is 18.0 Å². The molecule has 2 amide bonds. The van der Waals surface area contributed by atoms with Gasteiger partial charge in [0.05, 0.1) is 13.1 Å². The Morgan fingerprint density at radius 3 is 2.10 bits per heavy atom. The lowest BCUT2D eigenvalue weighted by Gasteiger charge is -2.38. The molecule has 0 aromatic heterocycles. The van der Waals surface area contributed by atoms with E-state index in [-0.39, 0.29) is 36.5 Å². The van der Waals surface area contributed by atoms with Crippen molar-refractivity contribution in [2.24, 2.45) is 0 Å². The first-order chi connectivity index (χ1) is 13.9. The molecule has 2 fully saturated rings. The van der Waals surface area contributed by atoms with Crippen LogP contribution in [0.1, 0.15) is 52.9 Å². The standard InChI is InChI=1S/C20H39N5O4S/c1-20(2,3)21-18(26)15-22(4)19(27)16-24-11-13-25(14-12-24)30(28,29)23(5)17-9-7-6-8-10-17/h17H,6-16H2,1-5H3,(H,21,26). The first-order valence-corrected chi connectivity index (χ1v) is 12.3. The fourth-order valence-electron chi connectivity index (χ4n) is 4.01. The third-order valence-corrected chi connectivity index (χ3v) is 7.83. The molecule has 0 spiro atoms. The summed E-state index contributed by atoms with van der Waals surface area (Å²) in [5.41, 5.74) is -0.340. The van der Waals surface area contributed by atoms with Gasteiger partial charge in [-0.2, -0.15) is 17.0 Å². The lowest BCUT2D eigenvalue weighted by molar-refractivity contribution is -0.136. The Morgan fingerprint density at radius 2 is 1.57 bits per heavy atom. The minimum atomic E-state index is -3.47. The average Bonchev–Trinajstić information content (AvgIpc) is 2.66. The fraction of sp³-hybridized carbons (Fsp3) is 0.900. The SMILES string of the molecule is CN(CC(=O)NC(C)(C)C)C(=O)CN1CCN(S(=O)(=O)N(C)C2CCCCC2)CC1. The molecule has 30 heavy (non-hydrogen) atoms. The number of carbonyl (C=O) groups is 2. The van der Waals surface area contributed by atoms with Crippen LogP contribution in [0.2, 0.25) is 0 Å². The minimum Gasteiger partial charge on any atom is -0.350 e. The summed E-state index contributed by atoms with van der Waals surface area (Å²) in [7, 11) is -0.163. The van der Waals surface area contributed by atoms with Crippen LogP contribution in [0.25, 0.3) is 0 Å². The van der Waals surface area contributed by atoms with Gasteiger partial charge in [0.15, 0.2) is 0 Å². The zero-order valence-electron chi connectivity index (χ0n) is 19.2. The normalized spacial score (nSPS) is 20.3. The molecular formula is C20H39N5O4S. The van der Waals surface area contributed by atoms with E-state index in [0.29, 0.717) is 26.2 Å². The molecule has 1 aliphatic carbocycles. The monoisotopic (exact) mass is 445 g/mol. The topological polar surface area (TPSA) is 93.3 Å². The van der Waals surface area contributed by atoms with Crippen LogP contribution in [0.5, 0.6) is 0 Å². The highest BCUT2D eigenvalue weighted by Crippen LogP contribution is 2.25. The maximum atomic E-state index is 13.0. The van der Waals surface area contributed by atoms with Gasteiger partial charge in [-0.25, -0.2) is 0 Å². The van der Waals surface area contributed by atoms with E-state index in [1.165, 1.54) is 15.6 Å². The van der Waals surface area contributed by atoms with Crippen molar-refractivity contribution in [3.63, 3.8) is 0 Å². The summed E-state index contributed by atoms with van der Waals surface area (Å²) in [6.07, 6.45) is 5.21. The molecule has 2 aliphatic rings. The van der Waals surface area contributed by atoms with E-state index in [4.69, 9.17) is 0 Å². The van der Waals surface area contributed by atoms with Gasteiger partial charge in [-0.1, -0.05) is 19.3 Å². The molecule has 0 bridgehead atoms. The van der Waals surface area contributed by atoms with E-state index in [0.717, 1.165) is 25.7 Å². The Labute approximate surface area is 181 Å². The van der Waals surface area contributed by atoms with Crippen molar-refractivity contribution in [2.75, 3.05) is 53.4 Å². The Balaban J connectivity index is 1.80. The molecular weight excluding hydrogens is 406 g/mol. The second kappa shape index (κ2) is 10.4. The molecule has 1 N–H and O–H groups in total. The number of nitrogens with one attached hydrogen (secondary N) is 1. The van der Waals surface area contributed by atoms with Crippen molar-refractivity contribution >= 4 is 22.0 Å². The quantitative estimate of drug-likeness (QED) is 0.616. The number of carbonyl (C=O) groups excluding carboxylic acids is 2. The number of likely N-dealkylation sites (N-methyl/N-ethyl adjacent to an activating group) is 1. The number of hydrogen-bond donors (Lipinski definition) is 1. The highest BCUT2D eigenvalue weighted by Gasteiger charge is 2.35. The molecule has 10 heteroatoms. The van der Waals surface area contributed by atoms with Gasteiger partial charge >= 0.3 is 0 Å². The van der Waals surface area contributed by atoms with Gasteiger partial charge in [-0.3, -0.25) is 14.5 Å². The van der Waals surface area contributed by atoms with E-state index >= 15 is 0 Å². The third kappa shape index (κ3) is 7.18. The molecule has 0 unspecified atom stereocenters. The summed E-state index contributed by atoms with van der Waals surface area (Å²) in [4.78, 5) is 27.9. The average molecular weight is 446 g/mol. The molecule has 1 saturated carbocycles. The van der Waals surface area contributed by atoms with Gasteiger partial charge in [-0.05, 0) is 33.6 Å². The zero-order chi connectivity index (χ0) is 22.5. The van der Waals surface area contributed by atoms with Crippen molar-refractivity contribution in [1.82, 2.24) is 23.7 Å². The summed E-state index contributed by atoms with van der Waals surface area (Å²) < 4.78 is 29.0. The van der Waals surface area contributed by atoms with Crippen LogP contribution >= 0.6 is 0 Å². The number of nitrogens with zero attached hydrogens (tertiary/aromatic N) is 4. The predicted molar refractivity (Wildman–Crippen MR) is 117 cm³/mol. The molecule has 0 atom stereocenters. The molecule has 1 heterocycles. The second-order valence-electron chi connectivity index (χ2n) is 9.54. The van der Waals surface area contributed by atoms with Crippen LogP contribution in [0.3, 0.4) is 0 Å². The molecule has 0 radical (unpaired) electrons. The Morgan fingerprint density at radius 1 is 1.00 bits per heavy atom. The molecule has 1 saturated heterocycles. The van der Waals surface area contributed by atoms with Gasteiger partial charge in [0.1, 0.15) is 0 Å². The lowest BCUT2D eigenvalue weighted by Crippen LogP contribution is -2.55. The molecule has 2 rings (SSSR count). The smallest absolute Gasteiger partial charge is 0.282 e. The summed E-state index contributed by atoms with van der Waals surface area (Å²) in [5, 5.41) is 2.84. The van der Waals surface area contributed by atoms with Gasteiger partial charge in [0.25, 0.3) is 10.2 Å². The van der Waals surface area contributed by atoms with Crippen LogP contribution in [0.15, 0.2) is 0 Å². The molecule has 0 aromatic rings. The van der Waals surface area contributed by atoms with Gasteiger partial charge in [0.2, 0.25) is 11.8 Å². The molecule has 1 aliphatic heterocycles. The van der Waals surface area contributed by atoms with Gasteiger partial charge in [-0.15, -0.1) is 0 Å². The van der Waals surface area contributed by atoms with Gasteiger partial charge in [0, 0.05) is 51.9 Å². The largest absolute Gasteiger partial charge is 0.350 e. The van der Waals surface area contributed by atoms with E-state index < -0.39 is 10.2 Å². The van der Waals surface area contributed by atoms with E-state index in [1.807, 2.05) is 25.7 Å². The maximum absolute atomic E-state index is 13.0. The molecule has 174 valence electrons. The number of rotatable bonds is 7. The van der Waals surface area contributed by atoms with Crippen LogP contribution in [0.4, 0.5) is 0 Å². The highest BCUT2D eigenvalue weighted by molar-refractivity contribution is 7.86. The van der Waals surface area contributed by atoms with Crippen LogP contribution < -0.4 is 5.32 Å². The predicted octanol–water partition coefficient (Wildman–Crippen LogP) is 0.486. The summed E-state index contributed by atoms with van der Waals surface area (Å²) >= 11 is 0. The first kappa shape index (κ1) is 25.0. The third-order valence-electron chi connectivity index (χ3n) is 5.79. The molecule has 9 nitrogen and oxygen atoms in total. The van der Waals surface area contributed by atoms with Crippen molar-refractivity contribution in [1.29, 1.82) is 0 Å². The van der Waals surface area contributed by atoms with Gasteiger partial charge < -0.3 is 10.2 Å².